The maximum Gasteiger partial charge on any atom is 0.122 e. The number of aryl methyl sites for hydroxylation is 1. The van der Waals surface area contributed by atoms with Gasteiger partial charge in [-0.25, -0.2) is 0 Å². The molecule has 134 valence electrons. The lowest BCUT2D eigenvalue weighted by Crippen LogP contribution is -2.26. The molecule has 0 heterocycles. The first-order chi connectivity index (χ1) is 12.2. The molecular weight excluding hydrogens is 310 g/mol. The number of ether oxygens (including phenoxy) is 1. The summed E-state index contributed by atoms with van der Waals surface area (Å²) in [5.74, 6) is 0.807. The number of para-hydroxylation sites is 1. The van der Waals surface area contributed by atoms with Gasteiger partial charge in [-0.3, -0.25) is 0 Å². The molecule has 0 aliphatic carbocycles. The number of aliphatic hydroxyl groups excluding tert-OH is 1. The number of hydrogen-bond acceptors (Lipinski definition) is 3. The molecule has 0 aliphatic heterocycles. The second-order valence-electron chi connectivity index (χ2n) is 6.25. The fraction of sp³-hybridized carbons (Fsp3) is 0.364. The van der Waals surface area contributed by atoms with Crippen molar-refractivity contribution >= 4 is 5.69 Å². The molecular formula is C22H29NO2. The summed E-state index contributed by atoms with van der Waals surface area (Å²) in [6, 6.07) is 16.3. The van der Waals surface area contributed by atoms with Crippen LogP contribution in [0.15, 0.2) is 61.2 Å². The molecule has 1 atom stereocenters. The number of nitrogens with one attached hydrogen (secondary N) is 1. The predicted octanol–water partition coefficient (Wildman–Crippen LogP) is 4.61. The lowest BCUT2D eigenvalue weighted by Gasteiger charge is -2.16. The summed E-state index contributed by atoms with van der Waals surface area (Å²) in [6.45, 7) is 6.68. The molecule has 3 nitrogen and oxygen atoms in total. The number of rotatable bonds is 11. The van der Waals surface area contributed by atoms with Gasteiger partial charge in [-0.05, 0) is 48.6 Å². The minimum absolute atomic E-state index is 0.260. The molecule has 0 amide bonds. The molecule has 0 aromatic heterocycles. The van der Waals surface area contributed by atoms with Crippen LogP contribution in [0.4, 0.5) is 5.69 Å². The molecule has 2 N–H and O–H groups in total. The first-order valence-corrected chi connectivity index (χ1v) is 9.05. The van der Waals surface area contributed by atoms with E-state index in [-0.39, 0.29) is 6.61 Å². The zero-order valence-corrected chi connectivity index (χ0v) is 15.1. The highest BCUT2D eigenvalue weighted by atomic mass is 16.5. The highest BCUT2D eigenvalue weighted by Crippen LogP contribution is 2.19. The van der Waals surface area contributed by atoms with E-state index < -0.39 is 6.10 Å². The second-order valence-corrected chi connectivity index (χ2v) is 6.25. The molecule has 1 unspecified atom stereocenters. The van der Waals surface area contributed by atoms with Gasteiger partial charge in [-0.2, -0.15) is 0 Å². The maximum atomic E-state index is 10.2. The number of hydrogen-bond donors (Lipinski definition) is 2. The van der Waals surface area contributed by atoms with E-state index in [1.54, 1.807) is 0 Å². The van der Waals surface area contributed by atoms with Crippen molar-refractivity contribution in [2.75, 3.05) is 18.5 Å². The van der Waals surface area contributed by atoms with E-state index >= 15 is 0 Å². The molecule has 0 saturated heterocycles. The smallest absolute Gasteiger partial charge is 0.122 e. The van der Waals surface area contributed by atoms with Crippen LogP contribution in [0.5, 0.6) is 5.75 Å². The summed E-state index contributed by atoms with van der Waals surface area (Å²) in [7, 11) is 0. The molecule has 2 aromatic carbocycles. The minimum Gasteiger partial charge on any atom is -0.491 e. The van der Waals surface area contributed by atoms with Crippen LogP contribution < -0.4 is 10.1 Å². The Morgan fingerprint density at radius 3 is 2.64 bits per heavy atom. The van der Waals surface area contributed by atoms with Crippen LogP contribution in [0, 0.1) is 0 Å². The van der Waals surface area contributed by atoms with Crippen LogP contribution >= 0.6 is 0 Å². The van der Waals surface area contributed by atoms with E-state index in [1.807, 2.05) is 30.3 Å². The Morgan fingerprint density at radius 1 is 1.16 bits per heavy atom. The zero-order valence-electron chi connectivity index (χ0n) is 15.1. The maximum absolute atomic E-state index is 10.2. The van der Waals surface area contributed by atoms with E-state index in [0.717, 1.165) is 29.8 Å². The molecule has 0 radical (unpaired) electrons. The lowest BCUT2D eigenvalue weighted by atomic mass is 10.1. The topological polar surface area (TPSA) is 41.5 Å². The van der Waals surface area contributed by atoms with Crippen molar-refractivity contribution in [3.63, 3.8) is 0 Å². The van der Waals surface area contributed by atoms with Crippen LogP contribution in [-0.2, 0) is 12.8 Å². The van der Waals surface area contributed by atoms with Gasteiger partial charge in [0.25, 0.3) is 0 Å². The van der Waals surface area contributed by atoms with Crippen molar-refractivity contribution < 1.29 is 9.84 Å². The first kappa shape index (κ1) is 19.1. The molecule has 0 saturated carbocycles. The summed E-state index contributed by atoms with van der Waals surface area (Å²) in [6.07, 6.45) is 5.59. The third-order valence-electron chi connectivity index (χ3n) is 4.08. The molecule has 2 aromatic rings. The molecule has 0 spiro atoms. The number of unbranched alkanes of at least 4 members (excludes halogenated alkanes) is 1. The van der Waals surface area contributed by atoms with Crippen LogP contribution in [0.2, 0.25) is 0 Å². The fourth-order valence-corrected chi connectivity index (χ4v) is 2.62. The standard InChI is InChI=1S/C22H29NO2/c1-3-5-9-18-12-14-20(15-13-18)23-16-21(24)17-25-22-11-7-6-10-19(22)8-4-2/h4,6-7,10-15,21,23-24H,2-3,5,8-9,16-17H2,1H3. The summed E-state index contributed by atoms with van der Waals surface area (Å²) >= 11 is 0. The summed E-state index contributed by atoms with van der Waals surface area (Å²) in [5.41, 5.74) is 3.46. The summed E-state index contributed by atoms with van der Waals surface area (Å²) in [4.78, 5) is 0. The van der Waals surface area contributed by atoms with Crippen LogP contribution in [-0.4, -0.2) is 24.4 Å². The number of allylic oxidation sites excluding steroid dienone is 1. The van der Waals surface area contributed by atoms with Crippen molar-refractivity contribution in [3.05, 3.63) is 72.3 Å². The monoisotopic (exact) mass is 339 g/mol. The number of aliphatic hydroxyl groups is 1. The highest BCUT2D eigenvalue weighted by molar-refractivity contribution is 5.44. The molecule has 3 heteroatoms. The minimum atomic E-state index is -0.573. The van der Waals surface area contributed by atoms with Gasteiger partial charge in [-0.15, -0.1) is 6.58 Å². The Labute approximate surface area is 151 Å². The van der Waals surface area contributed by atoms with Crippen LogP contribution in [0.1, 0.15) is 30.9 Å². The van der Waals surface area contributed by atoms with Gasteiger partial charge >= 0.3 is 0 Å². The first-order valence-electron chi connectivity index (χ1n) is 9.05. The predicted molar refractivity (Wildman–Crippen MR) is 105 cm³/mol. The Bertz CT molecular complexity index is 637. The van der Waals surface area contributed by atoms with Gasteiger partial charge in [-0.1, -0.05) is 49.8 Å². The molecule has 0 aliphatic rings. The van der Waals surface area contributed by atoms with Gasteiger partial charge in [0.15, 0.2) is 0 Å². The quantitative estimate of drug-likeness (QED) is 0.588. The Morgan fingerprint density at radius 2 is 1.92 bits per heavy atom. The largest absolute Gasteiger partial charge is 0.491 e. The molecule has 0 bridgehead atoms. The Hall–Kier alpha value is -2.26. The van der Waals surface area contributed by atoms with Crippen LogP contribution in [0.3, 0.4) is 0 Å². The molecule has 2 rings (SSSR count). The van der Waals surface area contributed by atoms with E-state index in [1.165, 1.54) is 18.4 Å². The molecule has 0 fully saturated rings. The van der Waals surface area contributed by atoms with Gasteiger partial charge in [0.2, 0.25) is 0 Å². The average molecular weight is 339 g/mol. The van der Waals surface area contributed by atoms with E-state index in [2.05, 4.69) is 43.1 Å². The van der Waals surface area contributed by atoms with E-state index in [9.17, 15) is 5.11 Å². The van der Waals surface area contributed by atoms with E-state index in [0.29, 0.717) is 6.54 Å². The highest BCUT2D eigenvalue weighted by Gasteiger charge is 2.07. The lowest BCUT2D eigenvalue weighted by molar-refractivity contribution is 0.117. The second kappa shape index (κ2) is 10.6. The van der Waals surface area contributed by atoms with Crippen molar-refractivity contribution in [2.45, 2.75) is 38.7 Å². The third-order valence-corrected chi connectivity index (χ3v) is 4.08. The fourth-order valence-electron chi connectivity index (χ4n) is 2.62. The van der Waals surface area contributed by atoms with Crippen molar-refractivity contribution in [3.8, 4) is 5.75 Å². The van der Waals surface area contributed by atoms with Gasteiger partial charge in [0, 0.05) is 12.2 Å². The van der Waals surface area contributed by atoms with Gasteiger partial charge < -0.3 is 15.2 Å². The Balaban J connectivity index is 1.77. The summed E-state index contributed by atoms with van der Waals surface area (Å²) < 4.78 is 5.77. The average Bonchev–Trinajstić information content (AvgIpc) is 2.65. The third kappa shape index (κ3) is 6.63. The normalized spacial score (nSPS) is 11.8. The van der Waals surface area contributed by atoms with Gasteiger partial charge in [0.1, 0.15) is 18.5 Å². The SMILES string of the molecule is C=CCc1ccccc1OCC(O)CNc1ccc(CCCC)cc1. The Kier molecular flexibility index (Phi) is 8.06. The van der Waals surface area contributed by atoms with Crippen molar-refractivity contribution in [2.24, 2.45) is 0 Å². The zero-order chi connectivity index (χ0) is 17.9. The van der Waals surface area contributed by atoms with E-state index in [4.69, 9.17) is 4.74 Å². The van der Waals surface area contributed by atoms with Crippen molar-refractivity contribution in [1.82, 2.24) is 0 Å². The van der Waals surface area contributed by atoms with Crippen LogP contribution in [0.25, 0.3) is 0 Å². The summed E-state index contributed by atoms with van der Waals surface area (Å²) in [5, 5.41) is 13.4. The van der Waals surface area contributed by atoms with Gasteiger partial charge in [0.05, 0.1) is 0 Å². The van der Waals surface area contributed by atoms with Crippen molar-refractivity contribution in [1.29, 1.82) is 0 Å². The number of anilines is 1. The molecule has 25 heavy (non-hydrogen) atoms. The number of benzene rings is 2.